The molecule has 1 heterocycles. The van der Waals surface area contributed by atoms with Gasteiger partial charge in [0.05, 0.1) is 4.90 Å². The van der Waals surface area contributed by atoms with Crippen molar-refractivity contribution in [2.24, 2.45) is 0 Å². The van der Waals surface area contributed by atoms with Gasteiger partial charge in [0.1, 0.15) is 11.6 Å². The highest BCUT2D eigenvalue weighted by molar-refractivity contribution is 7.92. The zero-order valence-electron chi connectivity index (χ0n) is 13.4. The Morgan fingerprint density at radius 2 is 1.50 bits per heavy atom. The van der Waals surface area contributed by atoms with Crippen LogP contribution in [0.1, 0.15) is 5.56 Å². The number of hydrogen-bond acceptors (Lipinski definition) is 5. The predicted molar refractivity (Wildman–Crippen MR) is 98.0 cm³/mol. The maximum Gasteiger partial charge on any atom is 0.263 e. The van der Waals surface area contributed by atoms with E-state index < -0.39 is 10.0 Å². The maximum absolute atomic E-state index is 12.9. The average Bonchev–Trinajstić information content (AvgIpc) is 2.62. The fourth-order valence-corrected chi connectivity index (χ4v) is 3.21. The van der Waals surface area contributed by atoms with Gasteiger partial charge in [0.25, 0.3) is 10.0 Å². The molecule has 0 spiro atoms. The molecule has 9 heteroatoms. The quantitative estimate of drug-likeness (QED) is 0.668. The van der Waals surface area contributed by atoms with E-state index in [-0.39, 0.29) is 16.5 Å². The summed E-state index contributed by atoms with van der Waals surface area (Å²) < 4.78 is 39.7. The summed E-state index contributed by atoms with van der Waals surface area (Å²) in [5.74, 6) is 0.252. The number of nitrogens with one attached hydrogen (secondary N) is 2. The van der Waals surface area contributed by atoms with Gasteiger partial charge in [-0.05, 0) is 54.1 Å². The van der Waals surface area contributed by atoms with Crippen LogP contribution in [-0.2, 0) is 16.6 Å². The lowest BCUT2D eigenvalue weighted by Gasteiger charge is -2.08. The van der Waals surface area contributed by atoms with Crippen molar-refractivity contribution in [3.05, 3.63) is 77.1 Å². The first kappa shape index (κ1) is 18.1. The highest BCUT2D eigenvalue weighted by atomic mass is 35.5. The Hall–Kier alpha value is -2.71. The molecule has 0 radical (unpaired) electrons. The SMILES string of the molecule is O=S(=O)(Nc1ccc(NCc2ccc(F)cc2)nn1)c1ccc(Cl)cc1. The molecule has 0 aliphatic heterocycles. The molecular formula is C17H14ClFN4O2S. The van der Waals surface area contributed by atoms with Gasteiger partial charge in [-0.1, -0.05) is 23.7 Å². The summed E-state index contributed by atoms with van der Waals surface area (Å²) in [5.41, 5.74) is 0.876. The Kier molecular flexibility index (Phi) is 5.34. The van der Waals surface area contributed by atoms with Crippen LogP contribution in [0.5, 0.6) is 0 Å². The second-order valence-electron chi connectivity index (χ2n) is 5.34. The van der Waals surface area contributed by atoms with Crippen molar-refractivity contribution in [2.45, 2.75) is 11.4 Å². The topological polar surface area (TPSA) is 84.0 Å². The van der Waals surface area contributed by atoms with Crippen molar-refractivity contribution < 1.29 is 12.8 Å². The van der Waals surface area contributed by atoms with Crippen molar-refractivity contribution in [3.8, 4) is 0 Å². The first-order chi connectivity index (χ1) is 12.4. The first-order valence-electron chi connectivity index (χ1n) is 7.53. The minimum atomic E-state index is -3.77. The molecule has 0 saturated heterocycles. The van der Waals surface area contributed by atoms with Gasteiger partial charge in [-0.2, -0.15) is 0 Å². The van der Waals surface area contributed by atoms with Gasteiger partial charge in [-0.25, -0.2) is 12.8 Å². The molecule has 0 fully saturated rings. The Bertz CT molecular complexity index is 979. The number of hydrogen-bond donors (Lipinski definition) is 2. The van der Waals surface area contributed by atoms with E-state index in [9.17, 15) is 12.8 Å². The van der Waals surface area contributed by atoms with Gasteiger partial charge in [-0.3, -0.25) is 4.72 Å². The second kappa shape index (κ2) is 7.67. The van der Waals surface area contributed by atoms with Crippen LogP contribution in [0.4, 0.5) is 16.0 Å². The molecule has 134 valence electrons. The van der Waals surface area contributed by atoms with Crippen LogP contribution < -0.4 is 10.0 Å². The minimum Gasteiger partial charge on any atom is -0.365 e. The highest BCUT2D eigenvalue weighted by Crippen LogP contribution is 2.17. The average molecular weight is 393 g/mol. The normalized spacial score (nSPS) is 11.2. The molecule has 1 aromatic heterocycles. The molecule has 0 aliphatic carbocycles. The number of halogens is 2. The number of anilines is 2. The van der Waals surface area contributed by atoms with Gasteiger partial charge in [0.2, 0.25) is 0 Å². The highest BCUT2D eigenvalue weighted by Gasteiger charge is 2.14. The minimum absolute atomic E-state index is 0.0715. The zero-order valence-corrected chi connectivity index (χ0v) is 14.9. The van der Waals surface area contributed by atoms with E-state index in [1.54, 1.807) is 18.2 Å². The largest absolute Gasteiger partial charge is 0.365 e. The summed E-state index contributed by atoms with van der Waals surface area (Å²) in [6, 6.07) is 14.9. The Morgan fingerprint density at radius 3 is 2.12 bits per heavy atom. The van der Waals surface area contributed by atoms with Crippen LogP contribution in [0, 0.1) is 5.82 Å². The summed E-state index contributed by atoms with van der Waals surface area (Å²) in [5, 5.41) is 11.2. The van der Waals surface area contributed by atoms with Crippen molar-refractivity contribution in [3.63, 3.8) is 0 Å². The number of sulfonamides is 1. The number of rotatable bonds is 6. The van der Waals surface area contributed by atoms with E-state index >= 15 is 0 Å². The van der Waals surface area contributed by atoms with Gasteiger partial charge >= 0.3 is 0 Å². The van der Waals surface area contributed by atoms with Crippen LogP contribution >= 0.6 is 11.6 Å². The maximum atomic E-state index is 12.9. The first-order valence-corrected chi connectivity index (χ1v) is 9.39. The van der Waals surface area contributed by atoms with Gasteiger partial charge in [0, 0.05) is 11.6 Å². The van der Waals surface area contributed by atoms with Crippen LogP contribution in [0.3, 0.4) is 0 Å². The second-order valence-corrected chi connectivity index (χ2v) is 7.46. The molecule has 0 aliphatic rings. The summed E-state index contributed by atoms with van der Waals surface area (Å²) in [4.78, 5) is 0.0715. The number of aromatic nitrogens is 2. The molecule has 6 nitrogen and oxygen atoms in total. The molecule has 26 heavy (non-hydrogen) atoms. The third kappa shape index (κ3) is 4.68. The smallest absolute Gasteiger partial charge is 0.263 e. The van der Waals surface area contributed by atoms with E-state index in [0.29, 0.717) is 17.4 Å². The predicted octanol–water partition coefficient (Wildman–Crippen LogP) is 3.68. The lowest BCUT2D eigenvalue weighted by molar-refractivity contribution is 0.601. The summed E-state index contributed by atoms with van der Waals surface area (Å²) in [7, 11) is -3.77. The van der Waals surface area contributed by atoms with Crippen LogP contribution in [-0.4, -0.2) is 18.6 Å². The van der Waals surface area contributed by atoms with E-state index in [1.165, 1.54) is 42.5 Å². The summed E-state index contributed by atoms with van der Waals surface area (Å²) >= 11 is 5.76. The monoisotopic (exact) mass is 392 g/mol. The lowest BCUT2D eigenvalue weighted by Crippen LogP contribution is -2.14. The molecule has 0 amide bonds. The van der Waals surface area contributed by atoms with Crippen molar-refractivity contribution >= 4 is 33.3 Å². The summed E-state index contributed by atoms with van der Waals surface area (Å²) in [6.07, 6.45) is 0. The fourth-order valence-electron chi connectivity index (χ4n) is 2.09. The van der Waals surface area contributed by atoms with Crippen LogP contribution in [0.2, 0.25) is 5.02 Å². The van der Waals surface area contributed by atoms with Crippen molar-refractivity contribution in [1.29, 1.82) is 0 Å². The molecule has 3 rings (SSSR count). The van der Waals surface area contributed by atoms with Crippen LogP contribution in [0.25, 0.3) is 0 Å². The van der Waals surface area contributed by atoms with Gasteiger partial charge in [-0.15, -0.1) is 10.2 Å². The summed E-state index contributed by atoms with van der Waals surface area (Å²) in [6.45, 7) is 0.435. The van der Waals surface area contributed by atoms with E-state index in [0.717, 1.165) is 5.56 Å². The molecule has 3 aromatic rings. The van der Waals surface area contributed by atoms with Crippen molar-refractivity contribution in [2.75, 3.05) is 10.0 Å². The Morgan fingerprint density at radius 1 is 0.885 bits per heavy atom. The van der Waals surface area contributed by atoms with E-state index in [2.05, 4.69) is 20.2 Å². The number of benzene rings is 2. The molecule has 0 unspecified atom stereocenters. The Balaban J connectivity index is 1.63. The Labute approximate surface area is 155 Å². The van der Waals surface area contributed by atoms with Gasteiger partial charge in [0.15, 0.2) is 5.82 Å². The third-order valence-electron chi connectivity index (χ3n) is 3.41. The van der Waals surface area contributed by atoms with E-state index in [4.69, 9.17) is 11.6 Å². The van der Waals surface area contributed by atoms with Gasteiger partial charge < -0.3 is 5.32 Å². The number of nitrogens with zero attached hydrogens (tertiary/aromatic N) is 2. The van der Waals surface area contributed by atoms with Crippen molar-refractivity contribution in [1.82, 2.24) is 10.2 Å². The molecule has 0 bridgehead atoms. The van der Waals surface area contributed by atoms with E-state index in [1.807, 2.05) is 0 Å². The standard InChI is InChI=1S/C17H14ClFN4O2S/c18-13-3-7-15(8-4-13)26(24,25)23-17-10-9-16(21-22-17)20-11-12-1-5-14(19)6-2-12/h1-10H,11H2,(H,20,21)(H,22,23). The molecular weight excluding hydrogens is 379 g/mol. The zero-order chi connectivity index (χ0) is 18.6. The third-order valence-corrected chi connectivity index (χ3v) is 5.04. The van der Waals surface area contributed by atoms with Crippen LogP contribution in [0.15, 0.2) is 65.6 Å². The molecule has 0 saturated carbocycles. The molecule has 2 aromatic carbocycles. The lowest BCUT2D eigenvalue weighted by atomic mass is 10.2. The molecule has 2 N–H and O–H groups in total. The fraction of sp³-hybridized carbons (Fsp3) is 0.0588. The molecule has 0 atom stereocenters.